The van der Waals surface area contributed by atoms with Gasteiger partial charge in [0.15, 0.2) is 12.6 Å². The lowest BCUT2D eigenvalue weighted by Crippen LogP contribution is -2.63. The Morgan fingerprint density at radius 1 is 0.647 bits per heavy atom. The van der Waals surface area contributed by atoms with E-state index in [9.17, 15) is 46.0 Å². The third kappa shape index (κ3) is 5.09. The molecule has 3 rings (SSSR count). The first-order valence-corrected chi connectivity index (χ1v) is 10.7. The molecule has 0 spiro atoms. The zero-order valence-corrected chi connectivity index (χ0v) is 18.1. The maximum absolute atomic E-state index is 10.3. The summed E-state index contributed by atoms with van der Waals surface area (Å²) in [7, 11) is 0. The second-order valence-electron chi connectivity index (χ2n) is 8.51. The molecule has 16 nitrogen and oxygen atoms in total. The van der Waals surface area contributed by atoms with Crippen LogP contribution in [-0.4, -0.2) is 158 Å². The maximum atomic E-state index is 10.3. The normalized spacial score (nSPS) is 52.1. The van der Waals surface area contributed by atoms with E-state index in [-0.39, 0.29) is 13.1 Å². The average Bonchev–Trinajstić information content (AvgIpc) is 3.08. The molecule has 13 N–H and O–H groups in total. The minimum absolute atomic E-state index is 0.199. The minimum Gasteiger partial charge on any atom is -0.391 e. The van der Waals surface area contributed by atoms with Crippen molar-refractivity contribution in [3.8, 4) is 0 Å². The van der Waals surface area contributed by atoms with Crippen molar-refractivity contribution in [2.45, 2.75) is 85.5 Å². The highest BCUT2D eigenvalue weighted by Gasteiger charge is 2.58. The molecule has 0 saturated carbocycles. The molecular weight excluding hydrogens is 468 g/mol. The van der Waals surface area contributed by atoms with Gasteiger partial charge in [0, 0.05) is 13.1 Å². The third-order valence-electron chi connectivity index (χ3n) is 6.27. The lowest BCUT2D eigenvalue weighted by atomic mass is 9.98. The summed E-state index contributed by atoms with van der Waals surface area (Å²) in [5.41, 5.74) is 10.9. The van der Waals surface area contributed by atoms with Crippen LogP contribution in [0.4, 0.5) is 0 Å². The molecule has 0 aromatic rings. The standard InChI is InChI=1S/C18H34N2O14/c19-1-5-8(22)11(25)13(27)16(31-5)30-3-7-9(23)12(26)14(28)17(32-7)34-18(4-21)15(29)10(24)6(2-20)33-18/h5-17,21-29H,1-4,19-20H2/t5?,6-,7?,8-,9-,10+,11+,12+,13?,14?,15?,16+,17?,18+/m1/s1. The summed E-state index contributed by atoms with van der Waals surface area (Å²) in [5, 5.41) is 90.9. The van der Waals surface area contributed by atoms with Crippen LogP contribution in [0.3, 0.4) is 0 Å². The number of rotatable bonds is 8. The quantitative estimate of drug-likeness (QED) is 0.147. The molecule has 3 saturated heterocycles. The summed E-state index contributed by atoms with van der Waals surface area (Å²) in [4.78, 5) is 0. The van der Waals surface area contributed by atoms with E-state index < -0.39 is 98.7 Å². The summed E-state index contributed by atoms with van der Waals surface area (Å²) in [6.45, 7) is -1.99. The SMILES string of the molecule is NCC1O[C@H](OCC2OC(O[C@]3(CO)O[C@H](CN)[C@H](O)C3O)C(O)[C@@H](O)[C@@H]2O)C(O)[C@@H](O)[C@@H]1O. The van der Waals surface area contributed by atoms with E-state index in [4.69, 9.17) is 35.2 Å². The van der Waals surface area contributed by atoms with Crippen LogP contribution in [0.1, 0.15) is 0 Å². The fraction of sp³-hybridized carbons (Fsp3) is 1.00. The number of nitrogens with two attached hydrogens (primary N) is 2. The van der Waals surface area contributed by atoms with Crippen LogP contribution in [0.2, 0.25) is 0 Å². The monoisotopic (exact) mass is 502 g/mol. The summed E-state index contributed by atoms with van der Waals surface area (Å²) in [5.74, 6) is -2.26. The molecule has 6 unspecified atom stereocenters. The van der Waals surface area contributed by atoms with Crippen molar-refractivity contribution in [1.29, 1.82) is 0 Å². The molecule has 34 heavy (non-hydrogen) atoms. The van der Waals surface area contributed by atoms with Crippen molar-refractivity contribution in [3.63, 3.8) is 0 Å². The predicted octanol–water partition coefficient (Wildman–Crippen LogP) is -7.64. The van der Waals surface area contributed by atoms with Gasteiger partial charge in [-0.05, 0) is 0 Å². The predicted molar refractivity (Wildman–Crippen MR) is 105 cm³/mol. The highest BCUT2D eigenvalue weighted by molar-refractivity contribution is 4.99. The van der Waals surface area contributed by atoms with Gasteiger partial charge >= 0.3 is 0 Å². The van der Waals surface area contributed by atoms with Gasteiger partial charge < -0.3 is 81.1 Å². The molecule has 200 valence electrons. The number of hydrogen-bond donors (Lipinski definition) is 11. The van der Waals surface area contributed by atoms with Crippen molar-refractivity contribution in [2.75, 3.05) is 26.3 Å². The maximum Gasteiger partial charge on any atom is 0.224 e. The zero-order valence-electron chi connectivity index (χ0n) is 18.1. The second-order valence-corrected chi connectivity index (χ2v) is 8.51. The minimum atomic E-state index is -2.26. The van der Waals surface area contributed by atoms with Crippen LogP contribution in [0.5, 0.6) is 0 Å². The van der Waals surface area contributed by atoms with E-state index in [0.717, 1.165) is 0 Å². The zero-order chi connectivity index (χ0) is 25.4. The van der Waals surface area contributed by atoms with Crippen LogP contribution in [-0.2, 0) is 23.7 Å². The Kier molecular flexibility index (Phi) is 9.18. The molecule has 3 fully saturated rings. The first-order valence-electron chi connectivity index (χ1n) is 10.7. The van der Waals surface area contributed by atoms with Crippen molar-refractivity contribution >= 4 is 0 Å². The molecule has 0 bridgehead atoms. The van der Waals surface area contributed by atoms with Crippen LogP contribution >= 0.6 is 0 Å². The molecule has 0 aromatic carbocycles. The first-order chi connectivity index (χ1) is 16.0. The summed E-state index contributed by atoms with van der Waals surface area (Å²) in [6.07, 6.45) is -20.4. The lowest BCUT2D eigenvalue weighted by molar-refractivity contribution is -0.387. The highest BCUT2D eigenvalue weighted by Crippen LogP contribution is 2.36. The molecular formula is C18H34N2O14. The van der Waals surface area contributed by atoms with E-state index in [1.807, 2.05) is 0 Å². The summed E-state index contributed by atoms with van der Waals surface area (Å²) < 4.78 is 26.9. The number of aliphatic hydroxyl groups is 9. The van der Waals surface area contributed by atoms with Gasteiger partial charge in [0.25, 0.3) is 0 Å². The molecule has 0 radical (unpaired) electrons. The Bertz CT molecular complexity index is 662. The summed E-state index contributed by atoms with van der Waals surface area (Å²) >= 11 is 0. The van der Waals surface area contributed by atoms with E-state index >= 15 is 0 Å². The Morgan fingerprint density at radius 3 is 1.71 bits per heavy atom. The van der Waals surface area contributed by atoms with Crippen molar-refractivity contribution in [1.82, 2.24) is 0 Å². The molecule has 3 heterocycles. The summed E-state index contributed by atoms with van der Waals surface area (Å²) in [6, 6.07) is 0. The Labute approximate surface area is 193 Å². The number of ether oxygens (including phenoxy) is 5. The second kappa shape index (κ2) is 11.2. The highest BCUT2D eigenvalue weighted by atomic mass is 16.8. The molecule has 16 heteroatoms. The van der Waals surface area contributed by atoms with Gasteiger partial charge in [-0.2, -0.15) is 0 Å². The van der Waals surface area contributed by atoms with Crippen LogP contribution < -0.4 is 11.5 Å². The lowest BCUT2D eigenvalue weighted by Gasteiger charge is -2.44. The van der Waals surface area contributed by atoms with E-state index in [1.54, 1.807) is 0 Å². The van der Waals surface area contributed by atoms with Gasteiger partial charge in [-0.25, -0.2) is 0 Å². The van der Waals surface area contributed by atoms with Gasteiger partial charge in [-0.15, -0.1) is 0 Å². The topological polar surface area (TPSA) is 280 Å². The van der Waals surface area contributed by atoms with Gasteiger partial charge in [0.1, 0.15) is 73.8 Å². The number of hydrogen-bond acceptors (Lipinski definition) is 16. The van der Waals surface area contributed by atoms with Gasteiger partial charge in [0.2, 0.25) is 5.79 Å². The van der Waals surface area contributed by atoms with Crippen LogP contribution in [0.25, 0.3) is 0 Å². The van der Waals surface area contributed by atoms with E-state index in [1.165, 1.54) is 0 Å². The average molecular weight is 502 g/mol. The largest absolute Gasteiger partial charge is 0.391 e. The van der Waals surface area contributed by atoms with E-state index in [0.29, 0.717) is 0 Å². The van der Waals surface area contributed by atoms with Gasteiger partial charge in [0.05, 0.1) is 6.61 Å². The van der Waals surface area contributed by atoms with Gasteiger partial charge in [-0.1, -0.05) is 0 Å². The van der Waals surface area contributed by atoms with Crippen LogP contribution in [0, 0.1) is 0 Å². The molecule has 3 aliphatic rings. The molecule has 3 aliphatic heterocycles. The first kappa shape index (κ1) is 27.9. The van der Waals surface area contributed by atoms with Crippen LogP contribution in [0.15, 0.2) is 0 Å². The van der Waals surface area contributed by atoms with Gasteiger partial charge in [-0.3, -0.25) is 0 Å². The fourth-order valence-electron chi connectivity index (χ4n) is 4.10. The van der Waals surface area contributed by atoms with Crippen molar-refractivity contribution in [2.24, 2.45) is 11.5 Å². The fourth-order valence-corrected chi connectivity index (χ4v) is 4.10. The Morgan fingerprint density at radius 2 is 1.18 bits per heavy atom. The Balaban J connectivity index is 1.69. The molecule has 0 aromatic heterocycles. The molecule has 14 atom stereocenters. The van der Waals surface area contributed by atoms with E-state index in [2.05, 4.69) is 0 Å². The molecule has 0 amide bonds. The number of aliphatic hydroxyl groups excluding tert-OH is 9. The van der Waals surface area contributed by atoms with Crippen molar-refractivity contribution < 1.29 is 69.6 Å². The molecule has 0 aliphatic carbocycles. The third-order valence-corrected chi connectivity index (χ3v) is 6.27. The van der Waals surface area contributed by atoms with Crippen molar-refractivity contribution in [3.05, 3.63) is 0 Å². The Hall–Kier alpha value is -0.640. The smallest absolute Gasteiger partial charge is 0.224 e.